The monoisotopic (exact) mass is 405 g/mol. The van der Waals surface area contributed by atoms with E-state index >= 15 is 0 Å². The smallest absolute Gasteiger partial charge is 0.229 e. The molecule has 1 heterocycles. The standard InChI is InChI=1S/C17H17BrClN5/c1-10(11-5-6-11)7-15(20)23-16-14(18)9-21-17(24-16)22-13-4-2-3-12(19)8-13/h2-4,7-9,11H,1,5-6,20H2,(H2,21,22,23,24)/b15-7+. The van der Waals surface area contributed by atoms with Crippen LogP contribution < -0.4 is 16.4 Å². The van der Waals surface area contributed by atoms with Crippen molar-refractivity contribution in [3.63, 3.8) is 0 Å². The fourth-order valence-corrected chi connectivity index (χ4v) is 2.64. The number of benzene rings is 1. The highest BCUT2D eigenvalue weighted by atomic mass is 79.9. The van der Waals surface area contributed by atoms with Gasteiger partial charge in [0.05, 0.1) is 4.47 Å². The van der Waals surface area contributed by atoms with Crippen LogP contribution in [-0.2, 0) is 0 Å². The SMILES string of the molecule is C=C(/C=C(\N)Nc1nc(Nc2cccc(Cl)c2)ncc1Br)C1CC1. The van der Waals surface area contributed by atoms with Gasteiger partial charge in [-0.1, -0.05) is 24.2 Å². The van der Waals surface area contributed by atoms with E-state index in [0.29, 0.717) is 33.0 Å². The van der Waals surface area contributed by atoms with Crippen molar-refractivity contribution in [3.05, 3.63) is 64.0 Å². The van der Waals surface area contributed by atoms with Gasteiger partial charge >= 0.3 is 0 Å². The number of nitrogens with zero attached hydrogens (tertiary/aromatic N) is 2. The maximum Gasteiger partial charge on any atom is 0.229 e. The first-order chi connectivity index (χ1) is 11.5. The van der Waals surface area contributed by atoms with Crippen molar-refractivity contribution in [3.8, 4) is 0 Å². The largest absolute Gasteiger partial charge is 0.385 e. The Labute approximate surface area is 154 Å². The molecule has 0 atom stereocenters. The second kappa shape index (κ2) is 7.23. The summed E-state index contributed by atoms with van der Waals surface area (Å²) in [7, 11) is 0. The highest BCUT2D eigenvalue weighted by molar-refractivity contribution is 9.10. The molecule has 0 radical (unpaired) electrons. The first-order valence-corrected chi connectivity index (χ1v) is 8.66. The molecular formula is C17H17BrClN5. The Hall–Kier alpha value is -2.05. The van der Waals surface area contributed by atoms with Crippen LogP contribution in [0.25, 0.3) is 0 Å². The molecule has 1 aromatic heterocycles. The van der Waals surface area contributed by atoms with Gasteiger partial charge in [0, 0.05) is 16.9 Å². The van der Waals surface area contributed by atoms with Crippen LogP contribution >= 0.6 is 27.5 Å². The van der Waals surface area contributed by atoms with Crippen LogP contribution in [0.4, 0.5) is 17.5 Å². The summed E-state index contributed by atoms with van der Waals surface area (Å²) >= 11 is 9.40. The van der Waals surface area contributed by atoms with Crippen LogP contribution in [0.5, 0.6) is 0 Å². The van der Waals surface area contributed by atoms with Gasteiger partial charge in [0.25, 0.3) is 0 Å². The lowest BCUT2D eigenvalue weighted by Gasteiger charge is -2.11. The van der Waals surface area contributed by atoms with E-state index in [4.69, 9.17) is 17.3 Å². The average molecular weight is 407 g/mol. The first kappa shape index (κ1) is 16.8. The summed E-state index contributed by atoms with van der Waals surface area (Å²) in [6, 6.07) is 7.35. The summed E-state index contributed by atoms with van der Waals surface area (Å²) in [5, 5.41) is 6.82. The number of aromatic nitrogens is 2. The lowest BCUT2D eigenvalue weighted by atomic mass is 10.2. The Morgan fingerprint density at radius 3 is 2.92 bits per heavy atom. The van der Waals surface area contributed by atoms with E-state index in [2.05, 4.69) is 43.1 Å². The molecule has 24 heavy (non-hydrogen) atoms. The molecule has 1 fully saturated rings. The van der Waals surface area contributed by atoms with Gasteiger partial charge in [0.1, 0.15) is 5.82 Å². The topological polar surface area (TPSA) is 75.9 Å². The van der Waals surface area contributed by atoms with Gasteiger partial charge in [0.15, 0.2) is 5.82 Å². The molecule has 7 heteroatoms. The van der Waals surface area contributed by atoms with E-state index in [1.807, 2.05) is 18.2 Å². The molecule has 4 N–H and O–H groups in total. The van der Waals surface area contributed by atoms with Crippen LogP contribution in [0.2, 0.25) is 5.02 Å². The molecule has 5 nitrogen and oxygen atoms in total. The normalized spacial score (nSPS) is 14.3. The molecule has 0 spiro atoms. The maximum atomic E-state index is 6.03. The van der Waals surface area contributed by atoms with E-state index in [1.165, 1.54) is 12.8 Å². The Kier molecular flexibility index (Phi) is 5.06. The number of hydrogen-bond donors (Lipinski definition) is 3. The third-order valence-electron chi connectivity index (χ3n) is 3.53. The molecule has 1 aliphatic carbocycles. The zero-order chi connectivity index (χ0) is 17.1. The summed E-state index contributed by atoms with van der Waals surface area (Å²) in [4.78, 5) is 8.67. The van der Waals surface area contributed by atoms with Crippen LogP contribution in [0, 0.1) is 5.92 Å². The van der Waals surface area contributed by atoms with Crippen molar-refractivity contribution in [1.82, 2.24) is 9.97 Å². The summed E-state index contributed by atoms with van der Waals surface area (Å²) in [6.45, 7) is 4.04. The molecule has 124 valence electrons. The van der Waals surface area contributed by atoms with Gasteiger partial charge in [-0.3, -0.25) is 0 Å². The fraction of sp³-hybridized carbons (Fsp3) is 0.176. The predicted molar refractivity (Wildman–Crippen MR) is 102 cm³/mol. The molecule has 1 aromatic carbocycles. The van der Waals surface area contributed by atoms with Gasteiger partial charge < -0.3 is 16.4 Å². The minimum absolute atomic E-state index is 0.441. The van der Waals surface area contributed by atoms with E-state index in [1.54, 1.807) is 18.3 Å². The molecule has 0 saturated heterocycles. The second-order valence-electron chi connectivity index (χ2n) is 5.60. The Morgan fingerprint density at radius 1 is 1.42 bits per heavy atom. The van der Waals surface area contributed by atoms with Crippen molar-refractivity contribution in [2.45, 2.75) is 12.8 Å². The molecule has 3 rings (SSSR count). The molecule has 1 aliphatic rings. The molecule has 0 aliphatic heterocycles. The quantitative estimate of drug-likeness (QED) is 0.600. The van der Waals surface area contributed by atoms with Crippen molar-refractivity contribution >= 4 is 45.0 Å². The highest BCUT2D eigenvalue weighted by Crippen LogP contribution is 2.36. The van der Waals surface area contributed by atoms with Crippen LogP contribution in [0.3, 0.4) is 0 Å². The third kappa shape index (κ3) is 4.49. The Balaban J connectivity index is 1.74. The van der Waals surface area contributed by atoms with Crippen molar-refractivity contribution in [1.29, 1.82) is 0 Å². The van der Waals surface area contributed by atoms with Crippen LogP contribution in [-0.4, -0.2) is 9.97 Å². The summed E-state index contributed by atoms with van der Waals surface area (Å²) in [6.07, 6.45) is 5.89. The van der Waals surface area contributed by atoms with E-state index in [9.17, 15) is 0 Å². The van der Waals surface area contributed by atoms with Crippen LogP contribution in [0.15, 0.2) is 59.0 Å². The number of anilines is 3. The fourth-order valence-electron chi connectivity index (χ4n) is 2.15. The minimum Gasteiger partial charge on any atom is -0.385 e. The van der Waals surface area contributed by atoms with Gasteiger partial charge in [-0.2, -0.15) is 4.98 Å². The number of rotatable bonds is 6. The van der Waals surface area contributed by atoms with E-state index < -0.39 is 0 Å². The number of halogens is 2. The molecule has 0 bridgehead atoms. The van der Waals surface area contributed by atoms with Gasteiger partial charge in [-0.15, -0.1) is 0 Å². The molecular weight excluding hydrogens is 390 g/mol. The zero-order valence-corrected chi connectivity index (χ0v) is 15.2. The molecule has 0 unspecified atom stereocenters. The number of hydrogen-bond acceptors (Lipinski definition) is 5. The Morgan fingerprint density at radius 2 is 2.21 bits per heavy atom. The summed E-state index contributed by atoms with van der Waals surface area (Å²) in [5.41, 5.74) is 7.88. The maximum absolute atomic E-state index is 6.03. The lowest BCUT2D eigenvalue weighted by Crippen LogP contribution is -2.12. The summed E-state index contributed by atoms with van der Waals surface area (Å²) < 4.78 is 0.715. The van der Waals surface area contributed by atoms with Gasteiger partial charge in [-0.05, 0) is 64.5 Å². The average Bonchev–Trinajstić information content (AvgIpc) is 3.35. The number of nitrogens with two attached hydrogens (primary N) is 1. The summed E-state index contributed by atoms with van der Waals surface area (Å²) in [5.74, 6) is 2.09. The van der Waals surface area contributed by atoms with Gasteiger partial charge in [0.2, 0.25) is 5.95 Å². The van der Waals surface area contributed by atoms with Crippen molar-refractivity contribution in [2.75, 3.05) is 10.6 Å². The van der Waals surface area contributed by atoms with Crippen LogP contribution in [0.1, 0.15) is 12.8 Å². The van der Waals surface area contributed by atoms with E-state index in [-0.39, 0.29) is 0 Å². The number of nitrogens with one attached hydrogen (secondary N) is 2. The highest BCUT2D eigenvalue weighted by Gasteiger charge is 2.23. The minimum atomic E-state index is 0.441. The lowest BCUT2D eigenvalue weighted by molar-refractivity contribution is 1.05. The van der Waals surface area contributed by atoms with Crippen molar-refractivity contribution < 1.29 is 0 Å². The first-order valence-electron chi connectivity index (χ1n) is 7.49. The van der Waals surface area contributed by atoms with Gasteiger partial charge in [-0.25, -0.2) is 4.98 Å². The van der Waals surface area contributed by atoms with Crippen molar-refractivity contribution in [2.24, 2.45) is 11.7 Å². The zero-order valence-electron chi connectivity index (χ0n) is 12.9. The molecule has 2 aromatic rings. The second-order valence-corrected chi connectivity index (χ2v) is 6.89. The predicted octanol–water partition coefficient (Wildman–Crippen LogP) is 4.81. The Bertz CT molecular complexity index is 801. The number of allylic oxidation sites excluding steroid dienone is 2. The molecule has 1 saturated carbocycles. The molecule has 0 amide bonds. The van der Waals surface area contributed by atoms with E-state index in [0.717, 1.165) is 11.3 Å². The third-order valence-corrected chi connectivity index (χ3v) is 4.35.